The number of amides is 1. The first-order chi connectivity index (χ1) is 8.49. The van der Waals surface area contributed by atoms with Crippen LogP contribution in [0.15, 0.2) is 18.2 Å². The van der Waals surface area contributed by atoms with Crippen molar-refractivity contribution in [3.63, 3.8) is 0 Å². The predicted octanol–water partition coefficient (Wildman–Crippen LogP) is 2.31. The van der Waals surface area contributed by atoms with E-state index in [1.165, 1.54) is 0 Å². The van der Waals surface area contributed by atoms with Crippen LogP contribution in [0.1, 0.15) is 29.8 Å². The molecule has 1 rings (SSSR count). The Balaban J connectivity index is 2.95. The summed E-state index contributed by atoms with van der Waals surface area (Å²) in [4.78, 5) is 11.6. The third kappa shape index (κ3) is 4.86. The molecule has 0 atom stereocenters. The van der Waals surface area contributed by atoms with Crippen LogP contribution in [0.25, 0.3) is 0 Å². The average molecular weight is 278 g/mol. The van der Waals surface area contributed by atoms with Gasteiger partial charge in [-0.15, -0.1) is 0 Å². The van der Waals surface area contributed by atoms with Crippen molar-refractivity contribution in [2.75, 3.05) is 6.54 Å². The van der Waals surface area contributed by atoms with Crippen molar-refractivity contribution >= 4 is 5.91 Å². The van der Waals surface area contributed by atoms with Crippen molar-refractivity contribution in [1.29, 1.82) is 0 Å². The fraction of sp³-hybridized carbons (Fsp3) is 0.417. The molecule has 19 heavy (non-hydrogen) atoms. The molecule has 0 bridgehead atoms. The molecule has 1 aromatic rings. The summed E-state index contributed by atoms with van der Waals surface area (Å²) in [6.45, 7) is 3.34. The van der Waals surface area contributed by atoms with Gasteiger partial charge in [0, 0.05) is 17.6 Å². The number of carbonyl (C=O) groups excluding carboxylic acids is 1. The molecular weight excluding hydrogens is 264 g/mol. The Morgan fingerprint density at radius 2 is 1.84 bits per heavy atom. The Hall–Kier alpha value is -1.63. The number of hydrogen-bond acceptors (Lipinski definition) is 2. The summed E-state index contributed by atoms with van der Waals surface area (Å²) < 4.78 is 50.5. The highest BCUT2D eigenvalue weighted by molar-refractivity contribution is 5.94. The molecule has 0 aliphatic rings. The van der Waals surface area contributed by atoms with Crippen LogP contribution in [-0.4, -0.2) is 18.0 Å². The van der Waals surface area contributed by atoms with Gasteiger partial charge in [-0.25, -0.2) is 4.39 Å². The lowest BCUT2D eigenvalue weighted by Gasteiger charge is -2.19. The minimum atomic E-state index is -4.70. The fourth-order valence-corrected chi connectivity index (χ4v) is 1.29. The molecule has 0 aliphatic heterocycles. The van der Waals surface area contributed by atoms with Gasteiger partial charge in [0.1, 0.15) is 5.82 Å². The average Bonchev–Trinajstić information content (AvgIpc) is 2.22. The van der Waals surface area contributed by atoms with Crippen LogP contribution >= 0.6 is 0 Å². The van der Waals surface area contributed by atoms with Crippen LogP contribution < -0.4 is 11.1 Å². The molecule has 0 aromatic heterocycles. The number of benzene rings is 1. The summed E-state index contributed by atoms with van der Waals surface area (Å²) in [5.41, 5.74) is 3.31. The highest BCUT2D eigenvalue weighted by atomic mass is 19.4. The van der Waals surface area contributed by atoms with Crippen molar-refractivity contribution in [3.8, 4) is 0 Å². The highest BCUT2D eigenvalue weighted by Crippen LogP contribution is 2.30. The standard InChI is InChI=1S/C12H14F4N2O/c1-11(2,17)6-18-10(19)7-3-8(12(14,15)16)5-9(13)4-7/h3-5H,6,17H2,1-2H3,(H,18,19). The molecule has 0 saturated carbocycles. The lowest BCUT2D eigenvalue weighted by molar-refractivity contribution is -0.137. The molecule has 106 valence electrons. The smallest absolute Gasteiger partial charge is 0.350 e. The quantitative estimate of drug-likeness (QED) is 0.834. The fourth-order valence-electron chi connectivity index (χ4n) is 1.29. The maximum absolute atomic E-state index is 13.1. The van der Waals surface area contributed by atoms with Gasteiger partial charge >= 0.3 is 6.18 Å². The molecule has 7 heteroatoms. The molecule has 0 radical (unpaired) electrons. The van der Waals surface area contributed by atoms with Gasteiger partial charge in [-0.05, 0) is 32.0 Å². The first-order valence-corrected chi connectivity index (χ1v) is 5.44. The molecule has 0 spiro atoms. The summed E-state index contributed by atoms with van der Waals surface area (Å²) in [5.74, 6) is -1.92. The molecular formula is C12H14F4N2O. The van der Waals surface area contributed by atoms with E-state index in [-0.39, 0.29) is 6.54 Å². The monoisotopic (exact) mass is 278 g/mol. The third-order valence-electron chi connectivity index (χ3n) is 2.19. The molecule has 0 fully saturated rings. The van der Waals surface area contributed by atoms with Crippen molar-refractivity contribution in [3.05, 3.63) is 35.1 Å². The van der Waals surface area contributed by atoms with E-state index in [9.17, 15) is 22.4 Å². The minimum Gasteiger partial charge on any atom is -0.350 e. The number of hydrogen-bond donors (Lipinski definition) is 2. The van der Waals surface area contributed by atoms with Crippen LogP contribution in [0, 0.1) is 5.82 Å². The zero-order chi connectivity index (χ0) is 14.8. The second kappa shape index (κ2) is 5.16. The predicted molar refractivity (Wildman–Crippen MR) is 62.0 cm³/mol. The third-order valence-corrected chi connectivity index (χ3v) is 2.19. The topological polar surface area (TPSA) is 55.1 Å². The van der Waals surface area contributed by atoms with Gasteiger partial charge in [0.05, 0.1) is 5.56 Å². The van der Waals surface area contributed by atoms with Crippen LogP contribution in [0.5, 0.6) is 0 Å². The number of rotatable bonds is 3. The molecule has 1 aromatic carbocycles. The SMILES string of the molecule is CC(C)(N)CNC(=O)c1cc(F)cc(C(F)(F)F)c1. The van der Waals surface area contributed by atoms with Crippen molar-refractivity contribution in [2.24, 2.45) is 5.73 Å². The Kier molecular flexibility index (Phi) is 4.19. The van der Waals surface area contributed by atoms with Gasteiger partial charge in [-0.2, -0.15) is 13.2 Å². The lowest BCUT2D eigenvalue weighted by Crippen LogP contribution is -2.45. The van der Waals surface area contributed by atoms with Crippen LogP contribution in [-0.2, 0) is 6.18 Å². The number of nitrogens with one attached hydrogen (secondary N) is 1. The molecule has 1 amide bonds. The minimum absolute atomic E-state index is 0.0592. The number of alkyl halides is 3. The molecule has 0 saturated heterocycles. The molecule has 0 unspecified atom stereocenters. The number of nitrogens with two attached hydrogens (primary N) is 1. The lowest BCUT2D eigenvalue weighted by atomic mass is 10.1. The van der Waals surface area contributed by atoms with E-state index >= 15 is 0 Å². The Bertz CT molecular complexity index is 478. The first kappa shape index (κ1) is 15.4. The van der Waals surface area contributed by atoms with Crippen molar-refractivity contribution in [2.45, 2.75) is 25.6 Å². The largest absolute Gasteiger partial charge is 0.416 e. The van der Waals surface area contributed by atoms with E-state index in [4.69, 9.17) is 5.73 Å². The van der Waals surface area contributed by atoms with E-state index in [1.807, 2.05) is 0 Å². The van der Waals surface area contributed by atoms with E-state index < -0.39 is 34.6 Å². The van der Waals surface area contributed by atoms with Gasteiger partial charge in [0.25, 0.3) is 5.91 Å². The second-order valence-electron chi connectivity index (χ2n) is 4.90. The zero-order valence-electron chi connectivity index (χ0n) is 10.4. The Labute approximate surface area is 107 Å². The van der Waals surface area contributed by atoms with E-state index in [1.54, 1.807) is 13.8 Å². The van der Waals surface area contributed by atoms with E-state index in [2.05, 4.69) is 5.32 Å². The summed E-state index contributed by atoms with van der Waals surface area (Å²) in [6.07, 6.45) is -4.70. The Morgan fingerprint density at radius 3 is 2.32 bits per heavy atom. The maximum atomic E-state index is 13.1. The number of carbonyl (C=O) groups is 1. The molecule has 0 aliphatic carbocycles. The summed E-state index contributed by atoms with van der Waals surface area (Å²) in [7, 11) is 0. The van der Waals surface area contributed by atoms with Crippen LogP contribution in [0.3, 0.4) is 0 Å². The molecule has 3 N–H and O–H groups in total. The molecule has 0 heterocycles. The normalized spacial score (nSPS) is 12.4. The number of halogens is 4. The van der Waals surface area contributed by atoms with Crippen molar-refractivity contribution in [1.82, 2.24) is 5.32 Å². The van der Waals surface area contributed by atoms with Gasteiger partial charge in [0.2, 0.25) is 0 Å². The summed E-state index contributed by atoms with van der Waals surface area (Å²) in [5, 5.41) is 2.35. The van der Waals surface area contributed by atoms with Crippen LogP contribution in [0.4, 0.5) is 17.6 Å². The maximum Gasteiger partial charge on any atom is 0.416 e. The van der Waals surface area contributed by atoms with Crippen molar-refractivity contribution < 1.29 is 22.4 Å². The summed E-state index contributed by atoms with van der Waals surface area (Å²) in [6, 6.07) is 1.68. The van der Waals surface area contributed by atoms with E-state index in [0.717, 1.165) is 6.07 Å². The van der Waals surface area contributed by atoms with Gasteiger partial charge in [0.15, 0.2) is 0 Å². The second-order valence-corrected chi connectivity index (χ2v) is 4.90. The van der Waals surface area contributed by atoms with Gasteiger partial charge in [-0.3, -0.25) is 4.79 Å². The van der Waals surface area contributed by atoms with Crippen LogP contribution in [0.2, 0.25) is 0 Å². The Morgan fingerprint density at radius 1 is 1.26 bits per heavy atom. The molecule has 3 nitrogen and oxygen atoms in total. The van der Waals surface area contributed by atoms with Gasteiger partial charge in [-0.1, -0.05) is 0 Å². The first-order valence-electron chi connectivity index (χ1n) is 5.44. The zero-order valence-corrected chi connectivity index (χ0v) is 10.4. The highest BCUT2D eigenvalue weighted by Gasteiger charge is 2.32. The van der Waals surface area contributed by atoms with E-state index in [0.29, 0.717) is 12.1 Å². The summed E-state index contributed by atoms with van der Waals surface area (Å²) >= 11 is 0. The van der Waals surface area contributed by atoms with Gasteiger partial charge < -0.3 is 11.1 Å².